The molecule has 50 valence electrons. The lowest BCUT2D eigenvalue weighted by molar-refractivity contribution is 0.386. The predicted molar refractivity (Wildman–Crippen MR) is 35.6 cm³/mol. The van der Waals surface area contributed by atoms with Gasteiger partial charge in [-0.2, -0.15) is 0 Å². The van der Waals surface area contributed by atoms with E-state index in [-0.39, 0.29) is 5.83 Å². The van der Waals surface area contributed by atoms with E-state index in [4.69, 9.17) is 0 Å². The van der Waals surface area contributed by atoms with Crippen LogP contribution >= 0.6 is 0 Å². The van der Waals surface area contributed by atoms with E-state index in [1.54, 1.807) is 0 Å². The zero-order valence-electron chi connectivity index (χ0n) is 5.63. The van der Waals surface area contributed by atoms with Gasteiger partial charge in [-0.15, -0.1) is 0 Å². The van der Waals surface area contributed by atoms with Gasteiger partial charge in [-0.1, -0.05) is 6.08 Å². The highest BCUT2D eigenvalue weighted by atomic mass is 19.1. The van der Waals surface area contributed by atoms with Crippen LogP contribution < -0.4 is 0 Å². The van der Waals surface area contributed by atoms with Crippen molar-refractivity contribution in [2.75, 3.05) is 7.05 Å². The van der Waals surface area contributed by atoms with E-state index in [1.165, 1.54) is 12.3 Å². The largest absolute Gasteiger partial charge is 0.372 e. The number of halogens is 1. The molecule has 1 atom stereocenters. The normalized spacial score (nSPS) is 26.3. The molecule has 0 aromatic carbocycles. The van der Waals surface area contributed by atoms with Crippen LogP contribution in [0.2, 0.25) is 0 Å². The fourth-order valence-electron chi connectivity index (χ4n) is 0.722. The summed E-state index contributed by atoms with van der Waals surface area (Å²) < 4.78 is 12.3. The molecule has 1 aliphatic rings. The van der Waals surface area contributed by atoms with E-state index in [0.717, 1.165) is 0 Å². The molecule has 1 aliphatic heterocycles. The van der Waals surface area contributed by atoms with Gasteiger partial charge in [0, 0.05) is 19.3 Å². The molecule has 0 spiro atoms. The summed E-state index contributed by atoms with van der Waals surface area (Å²) in [7, 11) is 1.85. The Balaban J connectivity index is 2.70. The van der Waals surface area contributed by atoms with Crippen molar-refractivity contribution in [3.63, 3.8) is 0 Å². The fraction of sp³-hybridized carbons (Fsp3) is 0.429. The molecule has 1 nitrogen and oxygen atoms in total. The Morgan fingerprint density at radius 3 is 2.78 bits per heavy atom. The number of nitrogens with zero attached hydrogens (tertiary/aromatic N) is 1. The second-order valence-corrected chi connectivity index (χ2v) is 2.28. The molecule has 0 saturated carbocycles. The minimum Gasteiger partial charge on any atom is -0.372 e. The van der Waals surface area contributed by atoms with Crippen LogP contribution in [0.3, 0.4) is 0 Å². The molecule has 2 heteroatoms. The van der Waals surface area contributed by atoms with Gasteiger partial charge in [-0.25, -0.2) is 4.39 Å². The van der Waals surface area contributed by atoms with Crippen LogP contribution in [0.15, 0.2) is 24.2 Å². The first-order valence-corrected chi connectivity index (χ1v) is 2.97. The second kappa shape index (κ2) is 2.21. The van der Waals surface area contributed by atoms with Gasteiger partial charge in [0.1, 0.15) is 5.83 Å². The van der Waals surface area contributed by atoms with Gasteiger partial charge in [0.15, 0.2) is 0 Å². The van der Waals surface area contributed by atoms with E-state index >= 15 is 0 Å². The van der Waals surface area contributed by atoms with E-state index in [1.807, 2.05) is 24.9 Å². The minimum atomic E-state index is -0.171. The summed E-state index contributed by atoms with van der Waals surface area (Å²) in [6.45, 7) is 2.01. The van der Waals surface area contributed by atoms with Gasteiger partial charge in [0.25, 0.3) is 0 Å². The topological polar surface area (TPSA) is 3.24 Å². The van der Waals surface area contributed by atoms with Crippen LogP contribution in [-0.2, 0) is 0 Å². The van der Waals surface area contributed by atoms with Gasteiger partial charge in [-0.05, 0) is 13.0 Å². The molecular weight excluding hydrogens is 117 g/mol. The molecule has 0 aromatic heterocycles. The molecule has 9 heavy (non-hydrogen) atoms. The summed E-state index contributed by atoms with van der Waals surface area (Å²) in [6.07, 6.45) is 4.81. The van der Waals surface area contributed by atoms with E-state index in [9.17, 15) is 4.39 Å². The molecule has 0 bridgehead atoms. The highest BCUT2D eigenvalue weighted by Gasteiger charge is 2.06. The molecule has 1 heterocycles. The molecule has 0 aromatic rings. The summed E-state index contributed by atoms with van der Waals surface area (Å²) in [4.78, 5) is 1.83. The van der Waals surface area contributed by atoms with Gasteiger partial charge in [-0.3, -0.25) is 0 Å². The standard InChI is InChI=1S/C7H10FN/c1-6-3-4-7(8)5-9(6)2/h3-6H,1-2H3/t6-/m0/s1. The maximum Gasteiger partial charge on any atom is 0.138 e. The third-order valence-electron chi connectivity index (χ3n) is 1.50. The van der Waals surface area contributed by atoms with Crippen LogP contribution in [0.4, 0.5) is 4.39 Å². The lowest BCUT2D eigenvalue weighted by Crippen LogP contribution is -2.23. The van der Waals surface area contributed by atoms with Crippen molar-refractivity contribution in [2.45, 2.75) is 13.0 Å². The van der Waals surface area contributed by atoms with Crippen molar-refractivity contribution in [2.24, 2.45) is 0 Å². The van der Waals surface area contributed by atoms with Crippen LogP contribution in [0, 0.1) is 0 Å². The van der Waals surface area contributed by atoms with Crippen molar-refractivity contribution in [1.82, 2.24) is 4.90 Å². The van der Waals surface area contributed by atoms with Crippen molar-refractivity contribution in [3.8, 4) is 0 Å². The Kier molecular flexibility index (Phi) is 1.56. The molecule has 0 radical (unpaired) electrons. The Labute approximate surface area is 54.5 Å². The smallest absolute Gasteiger partial charge is 0.138 e. The Hall–Kier alpha value is -0.790. The molecule has 0 N–H and O–H groups in total. The van der Waals surface area contributed by atoms with Gasteiger partial charge in [0.05, 0.1) is 0 Å². The first-order chi connectivity index (χ1) is 4.20. The van der Waals surface area contributed by atoms with Crippen LogP contribution in [0.25, 0.3) is 0 Å². The van der Waals surface area contributed by atoms with Crippen LogP contribution in [0.5, 0.6) is 0 Å². The molecule has 0 saturated heterocycles. The lowest BCUT2D eigenvalue weighted by atomic mass is 10.2. The number of allylic oxidation sites excluding steroid dienone is 2. The van der Waals surface area contributed by atoms with E-state index in [0.29, 0.717) is 6.04 Å². The number of hydrogen-bond donors (Lipinski definition) is 0. The highest BCUT2D eigenvalue weighted by molar-refractivity contribution is 5.17. The zero-order valence-corrected chi connectivity index (χ0v) is 5.63. The summed E-state index contributed by atoms with van der Waals surface area (Å²) >= 11 is 0. The van der Waals surface area contributed by atoms with E-state index in [2.05, 4.69) is 0 Å². The number of hydrogen-bond acceptors (Lipinski definition) is 1. The number of likely N-dealkylation sites (N-methyl/N-ethyl adjacent to an activating group) is 1. The molecule has 0 aliphatic carbocycles. The maximum absolute atomic E-state index is 12.3. The first kappa shape index (κ1) is 6.33. The minimum absolute atomic E-state index is 0.171. The fourth-order valence-corrected chi connectivity index (χ4v) is 0.722. The third-order valence-corrected chi connectivity index (χ3v) is 1.50. The SMILES string of the molecule is C[C@H]1C=CC(F)=CN1C. The average molecular weight is 127 g/mol. The van der Waals surface area contributed by atoms with Gasteiger partial charge in [0.2, 0.25) is 0 Å². The van der Waals surface area contributed by atoms with E-state index < -0.39 is 0 Å². The maximum atomic E-state index is 12.3. The Morgan fingerprint density at radius 2 is 2.33 bits per heavy atom. The Bertz CT molecular complexity index is 160. The monoisotopic (exact) mass is 127 g/mol. The molecule has 0 fully saturated rings. The third kappa shape index (κ3) is 1.31. The Morgan fingerprint density at radius 1 is 1.67 bits per heavy atom. The predicted octanol–water partition coefficient (Wildman–Crippen LogP) is 1.69. The summed E-state index contributed by atoms with van der Waals surface area (Å²) in [5, 5.41) is 0. The quantitative estimate of drug-likeness (QED) is 0.478. The van der Waals surface area contributed by atoms with Crippen molar-refractivity contribution in [3.05, 3.63) is 24.2 Å². The average Bonchev–Trinajstić information content (AvgIpc) is 1.80. The second-order valence-electron chi connectivity index (χ2n) is 2.28. The van der Waals surface area contributed by atoms with Gasteiger partial charge < -0.3 is 4.90 Å². The summed E-state index contributed by atoms with van der Waals surface area (Å²) in [6, 6.07) is 0.324. The lowest BCUT2D eigenvalue weighted by Gasteiger charge is -2.22. The number of rotatable bonds is 0. The zero-order chi connectivity index (χ0) is 6.85. The summed E-state index contributed by atoms with van der Waals surface area (Å²) in [5.74, 6) is -0.171. The summed E-state index contributed by atoms with van der Waals surface area (Å²) in [5.41, 5.74) is 0. The van der Waals surface area contributed by atoms with Crippen molar-refractivity contribution in [1.29, 1.82) is 0 Å². The van der Waals surface area contributed by atoms with Crippen LogP contribution in [0.1, 0.15) is 6.92 Å². The molecule has 1 rings (SSSR count). The molecule has 0 amide bonds. The first-order valence-electron chi connectivity index (χ1n) is 2.97. The molecule has 0 unspecified atom stereocenters. The van der Waals surface area contributed by atoms with Crippen LogP contribution in [-0.4, -0.2) is 18.0 Å². The van der Waals surface area contributed by atoms with Crippen molar-refractivity contribution >= 4 is 0 Å². The van der Waals surface area contributed by atoms with Crippen molar-refractivity contribution < 1.29 is 4.39 Å². The molecular formula is C7H10FN. The highest BCUT2D eigenvalue weighted by Crippen LogP contribution is 2.11. The van der Waals surface area contributed by atoms with Gasteiger partial charge >= 0.3 is 0 Å².